The van der Waals surface area contributed by atoms with Crippen LogP contribution in [-0.2, 0) is 11.3 Å². The lowest BCUT2D eigenvalue weighted by molar-refractivity contribution is -0.133. The number of aromatic nitrogens is 1. The lowest BCUT2D eigenvalue weighted by Gasteiger charge is -2.45. The van der Waals surface area contributed by atoms with E-state index in [4.69, 9.17) is 0 Å². The maximum absolute atomic E-state index is 14.0. The summed E-state index contributed by atoms with van der Waals surface area (Å²) in [6, 6.07) is 20.5. The van der Waals surface area contributed by atoms with Gasteiger partial charge in [-0.05, 0) is 43.4 Å². The molecule has 1 aliphatic carbocycles. The van der Waals surface area contributed by atoms with Gasteiger partial charge in [-0.2, -0.15) is 0 Å². The molecule has 2 aromatic carbocycles. The van der Waals surface area contributed by atoms with E-state index in [1.54, 1.807) is 0 Å². The zero-order valence-electron chi connectivity index (χ0n) is 21.0. The lowest BCUT2D eigenvalue weighted by Crippen LogP contribution is -2.65. The molecule has 1 saturated carbocycles. The fourth-order valence-corrected chi connectivity index (χ4v) is 5.89. The SMILES string of the molecule is C[C@H](CN1C(=O)c2cc3ccccc3n2C[C@@]1(C)C(=O)NC1CCCCCCC1)c1ccccc1. The molecule has 5 rings (SSSR count). The molecule has 0 unspecified atom stereocenters. The van der Waals surface area contributed by atoms with Crippen LogP contribution in [0.3, 0.4) is 0 Å². The van der Waals surface area contributed by atoms with E-state index in [2.05, 4.69) is 28.9 Å². The van der Waals surface area contributed by atoms with Crippen LogP contribution in [0.5, 0.6) is 0 Å². The number of nitrogens with one attached hydrogen (secondary N) is 1. The highest BCUT2D eigenvalue weighted by Gasteiger charge is 2.48. The molecule has 1 aliphatic heterocycles. The third-order valence-electron chi connectivity index (χ3n) is 8.09. The summed E-state index contributed by atoms with van der Waals surface area (Å²) in [7, 11) is 0. The van der Waals surface area contributed by atoms with Gasteiger partial charge < -0.3 is 14.8 Å². The molecule has 2 amide bonds. The lowest BCUT2D eigenvalue weighted by atomic mass is 9.90. The minimum Gasteiger partial charge on any atom is -0.351 e. The molecule has 35 heavy (non-hydrogen) atoms. The van der Waals surface area contributed by atoms with Crippen LogP contribution in [0.2, 0.25) is 0 Å². The van der Waals surface area contributed by atoms with Crippen molar-refractivity contribution in [2.45, 2.75) is 82.8 Å². The number of benzene rings is 2. The average Bonchev–Trinajstić information content (AvgIpc) is 3.22. The molecule has 2 aliphatic rings. The maximum atomic E-state index is 14.0. The number of amides is 2. The van der Waals surface area contributed by atoms with E-state index in [9.17, 15) is 9.59 Å². The fraction of sp³-hybridized carbons (Fsp3) is 0.467. The van der Waals surface area contributed by atoms with Crippen LogP contribution in [0.25, 0.3) is 10.9 Å². The van der Waals surface area contributed by atoms with E-state index in [1.165, 1.54) is 24.8 Å². The Morgan fingerprint density at radius 2 is 1.66 bits per heavy atom. The zero-order chi connectivity index (χ0) is 24.4. The number of nitrogens with zero attached hydrogens (tertiary/aromatic N) is 2. The summed E-state index contributed by atoms with van der Waals surface area (Å²) in [6.45, 7) is 5.05. The molecule has 2 heterocycles. The van der Waals surface area contributed by atoms with Crippen molar-refractivity contribution < 1.29 is 9.59 Å². The van der Waals surface area contributed by atoms with Crippen LogP contribution in [0, 0.1) is 0 Å². The van der Waals surface area contributed by atoms with Gasteiger partial charge in [0.15, 0.2) is 0 Å². The molecule has 1 fully saturated rings. The predicted octanol–water partition coefficient (Wildman–Crippen LogP) is 5.89. The van der Waals surface area contributed by atoms with Gasteiger partial charge in [0.1, 0.15) is 11.2 Å². The first-order valence-corrected chi connectivity index (χ1v) is 13.2. The van der Waals surface area contributed by atoms with E-state index in [-0.39, 0.29) is 23.8 Å². The Morgan fingerprint density at radius 3 is 2.40 bits per heavy atom. The summed E-state index contributed by atoms with van der Waals surface area (Å²) in [5, 5.41) is 4.42. The molecule has 2 atom stereocenters. The van der Waals surface area contributed by atoms with Gasteiger partial charge in [0.25, 0.3) is 5.91 Å². The molecule has 5 nitrogen and oxygen atoms in total. The summed E-state index contributed by atoms with van der Waals surface area (Å²) in [4.78, 5) is 29.8. The third-order valence-corrected chi connectivity index (χ3v) is 8.09. The van der Waals surface area contributed by atoms with Crippen LogP contribution >= 0.6 is 0 Å². The van der Waals surface area contributed by atoms with Crippen LogP contribution in [-0.4, -0.2) is 39.4 Å². The summed E-state index contributed by atoms with van der Waals surface area (Å²) in [5.74, 6) is 0.0234. The van der Waals surface area contributed by atoms with Crippen LogP contribution in [0.15, 0.2) is 60.7 Å². The van der Waals surface area contributed by atoms with Crippen molar-refractivity contribution in [1.29, 1.82) is 0 Å². The normalized spacial score (nSPS) is 22.3. The van der Waals surface area contributed by atoms with Crippen LogP contribution in [0.4, 0.5) is 0 Å². The van der Waals surface area contributed by atoms with E-state index < -0.39 is 5.54 Å². The Kier molecular flexibility index (Phi) is 6.68. The second kappa shape index (κ2) is 9.88. The quantitative estimate of drug-likeness (QED) is 0.505. The highest BCUT2D eigenvalue weighted by molar-refractivity contribution is 6.03. The second-order valence-electron chi connectivity index (χ2n) is 10.7. The number of rotatable bonds is 5. The van der Waals surface area contributed by atoms with E-state index in [0.29, 0.717) is 18.8 Å². The van der Waals surface area contributed by atoms with E-state index >= 15 is 0 Å². The number of hydrogen-bond acceptors (Lipinski definition) is 2. The minimum atomic E-state index is -0.961. The first kappa shape index (κ1) is 23.7. The fourth-order valence-electron chi connectivity index (χ4n) is 5.89. The van der Waals surface area contributed by atoms with Gasteiger partial charge in [-0.25, -0.2) is 0 Å². The molecule has 184 valence electrons. The second-order valence-corrected chi connectivity index (χ2v) is 10.7. The largest absolute Gasteiger partial charge is 0.351 e. The maximum Gasteiger partial charge on any atom is 0.271 e. The van der Waals surface area contributed by atoms with Crippen molar-refractivity contribution >= 4 is 22.7 Å². The summed E-state index contributed by atoms with van der Waals surface area (Å²) in [6.07, 6.45) is 8.12. The molecular weight excluding hydrogens is 434 g/mol. The third kappa shape index (κ3) is 4.61. The molecule has 1 aromatic heterocycles. The van der Waals surface area contributed by atoms with Gasteiger partial charge >= 0.3 is 0 Å². The molecular formula is C30H37N3O2. The van der Waals surface area contributed by atoms with Gasteiger partial charge in [0.2, 0.25) is 5.91 Å². The van der Waals surface area contributed by atoms with Gasteiger partial charge in [0, 0.05) is 23.5 Å². The molecule has 0 radical (unpaired) electrons. The van der Waals surface area contributed by atoms with Crippen molar-refractivity contribution in [2.75, 3.05) is 6.54 Å². The topological polar surface area (TPSA) is 54.3 Å². The number of carbonyl (C=O) groups excluding carboxylic acids is 2. The van der Waals surface area contributed by atoms with Gasteiger partial charge in [-0.15, -0.1) is 0 Å². The Hall–Kier alpha value is -3.08. The Balaban J connectivity index is 1.49. The number of carbonyl (C=O) groups is 2. The van der Waals surface area contributed by atoms with Crippen molar-refractivity contribution in [3.63, 3.8) is 0 Å². The number of para-hydroxylation sites is 1. The smallest absolute Gasteiger partial charge is 0.271 e. The van der Waals surface area contributed by atoms with Crippen LogP contribution < -0.4 is 5.32 Å². The van der Waals surface area contributed by atoms with Gasteiger partial charge in [-0.1, -0.05) is 87.6 Å². The van der Waals surface area contributed by atoms with E-state index in [0.717, 1.165) is 36.6 Å². The monoisotopic (exact) mass is 471 g/mol. The number of fused-ring (bicyclic) bond motifs is 3. The average molecular weight is 472 g/mol. The highest BCUT2D eigenvalue weighted by Crippen LogP contribution is 2.34. The van der Waals surface area contributed by atoms with Crippen molar-refractivity contribution in [3.8, 4) is 0 Å². The minimum absolute atomic E-state index is 0.0277. The highest BCUT2D eigenvalue weighted by atomic mass is 16.2. The summed E-state index contributed by atoms with van der Waals surface area (Å²) >= 11 is 0. The van der Waals surface area contributed by atoms with E-state index in [1.807, 2.05) is 60.4 Å². The Morgan fingerprint density at radius 1 is 1.00 bits per heavy atom. The molecule has 0 bridgehead atoms. The molecule has 1 N–H and O–H groups in total. The molecule has 0 spiro atoms. The molecule has 3 aromatic rings. The van der Waals surface area contributed by atoms with Crippen molar-refractivity contribution in [1.82, 2.24) is 14.8 Å². The first-order valence-electron chi connectivity index (χ1n) is 13.2. The number of hydrogen-bond donors (Lipinski definition) is 1. The summed E-state index contributed by atoms with van der Waals surface area (Å²) in [5.41, 5.74) is 1.89. The summed E-state index contributed by atoms with van der Waals surface area (Å²) < 4.78 is 2.05. The Labute approximate surface area is 208 Å². The standard InChI is InChI=1S/C30H37N3O2/c1-22(23-13-7-6-8-14-23)20-33-28(34)27-19-24-15-11-12-18-26(24)32(27)21-30(33,2)29(35)31-25-16-9-4-3-5-10-17-25/h6-8,11-15,18-19,22,25H,3-5,9-10,16-17,20-21H2,1-2H3,(H,31,35)/t22-,30+/m1/s1. The van der Waals surface area contributed by atoms with Crippen molar-refractivity contribution in [2.24, 2.45) is 0 Å². The van der Waals surface area contributed by atoms with Crippen LogP contribution in [0.1, 0.15) is 80.8 Å². The predicted molar refractivity (Wildman–Crippen MR) is 140 cm³/mol. The Bertz CT molecular complexity index is 1190. The molecule has 0 saturated heterocycles. The molecule has 5 heteroatoms. The zero-order valence-corrected chi connectivity index (χ0v) is 21.0. The van der Waals surface area contributed by atoms with Gasteiger partial charge in [-0.3, -0.25) is 9.59 Å². The van der Waals surface area contributed by atoms with Gasteiger partial charge in [0.05, 0.1) is 6.54 Å². The van der Waals surface area contributed by atoms with Crippen molar-refractivity contribution in [3.05, 3.63) is 71.9 Å². The first-order chi connectivity index (χ1) is 17.0.